The van der Waals surface area contributed by atoms with Gasteiger partial charge in [-0.15, -0.1) is 0 Å². The van der Waals surface area contributed by atoms with Gasteiger partial charge >= 0.3 is 5.24 Å². The van der Waals surface area contributed by atoms with Crippen molar-refractivity contribution in [3.05, 3.63) is 43.0 Å². The lowest BCUT2D eigenvalue weighted by atomic mass is 10.2. The van der Waals surface area contributed by atoms with Gasteiger partial charge in [0, 0.05) is 12.2 Å². The Bertz CT molecular complexity index is 1200. The third kappa shape index (κ3) is 5.52. The molecule has 4 atom stereocenters. The van der Waals surface area contributed by atoms with E-state index in [1.165, 1.54) is 6.33 Å². The van der Waals surface area contributed by atoms with Crippen LogP contribution in [0.2, 0.25) is 18.1 Å². The molecule has 0 spiro atoms. The zero-order chi connectivity index (χ0) is 26.1. The topological polar surface area (TPSA) is 107 Å². The van der Waals surface area contributed by atoms with E-state index in [1.807, 2.05) is 41.2 Å². The quantitative estimate of drug-likeness (QED) is 0.327. The number of nitrogens with two attached hydrogens (primary N) is 1. The number of rotatable bonds is 7. The third-order valence-electron chi connectivity index (χ3n) is 6.81. The van der Waals surface area contributed by atoms with Crippen LogP contribution in [0, 0.1) is 0 Å². The number of benzene rings is 1. The molecule has 194 valence electrons. The Labute approximate surface area is 222 Å². The summed E-state index contributed by atoms with van der Waals surface area (Å²) in [6, 6.07) is 9.33. The number of para-hydroxylation sites is 1. The number of nitrogen functional groups attached to an aromatic ring is 1. The van der Waals surface area contributed by atoms with Gasteiger partial charge in [-0.05, 0) is 36.5 Å². The van der Waals surface area contributed by atoms with Gasteiger partial charge in [0.1, 0.15) is 29.8 Å². The summed E-state index contributed by atoms with van der Waals surface area (Å²) in [6.07, 6.45) is 3.86. The predicted octanol–water partition coefficient (Wildman–Crippen LogP) is 4.81. The first-order valence-electron chi connectivity index (χ1n) is 11.7. The number of ether oxygens (including phenoxy) is 3. The molecule has 9 nitrogen and oxygen atoms in total. The molecule has 3 aromatic rings. The average molecular weight is 548 g/mol. The molecule has 0 bridgehead atoms. The molecule has 2 N–H and O–H groups in total. The molecule has 1 aromatic carbocycles. The number of hydrogen-bond donors (Lipinski definition) is 1. The van der Waals surface area contributed by atoms with Crippen LogP contribution < -0.4 is 10.5 Å². The van der Waals surface area contributed by atoms with Crippen molar-refractivity contribution in [2.45, 2.75) is 62.6 Å². The minimum Gasteiger partial charge on any atom is -0.449 e. The van der Waals surface area contributed by atoms with Crippen molar-refractivity contribution >= 4 is 54.5 Å². The summed E-state index contributed by atoms with van der Waals surface area (Å²) in [5.41, 5.74) is 7.15. The maximum atomic E-state index is 6.59. The highest BCUT2D eigenvalue weighted by molar-refractivity contribution is 7.99. The van der Waals surface area contributed by atoms with E-state index in [9.17, 15) is 0 Å². The van der Waals surface area contributed by atoms with Gasteiger partial charge in [0.25, 0.3) is 0 Å². The molecule has 0 unspecified atom stereocenters. The number of fused-ring (bicyclic) bond motifs is 1. The van der Waals surface area contributed by atoms with E-state index in [4.69, 9.17) is 36.6 Å². The summed E-state index contributed by atoms with van der Waals surface area (Å²) in [5, 5.41) is -0.0566. The molecule has 0 saturated carbocycles. The van der Waals surface area contributed by atoms with Crippen molar-refractivity contribution in [2.75, 3.05) is 18.6 Å². The molecule has 1 aliphatic rings. The Morgan fingerprint density at radius 3 is 2.58 bits per heavy atom. The SMILES string of the molecule is CS[C@@H]1[C@H](OC(=S)Oc2ccccc2)[C@@H](CO[Si](C)(C)C(C)(C)C)O[C@H]1n1cnc2c(N)ncnc21. The van der Waals surface area contributed by atoms with Gasteiger partial charge < -0.3 is 24.4 Å². The lowest BCUT2D eigenvalue weighted by Crippen LogP contribution is -2.45. The highest BCUT2D eigenvalue weighted by Gasteiger charge is 2.49. The monoisotopic (exact) mass is 547 g/mol. The summed E-state index contributed by atoms with van der Waals surface area (Å²) >= 11 is 7.10. The van der Waals surface area contributed by atoms with Gasteiger partial charge in [-0.1, -0.05) is 39.0 Å². The molecule has 0 amide bonds. The zero-order valence-electron chi connectivity index (χ0n) is 21.4. The molecule has 0 aliphatic carbocycles. The summed E-state index contributed by atoms with van der Waals surface area (Å²) < 4.78 is 27.0. The van der Waals surface area contributed by atoms with Crippen molar-refractivity contribution in [3.63, 3.8) is 0 Å². The van der Waals surface area contributed by atoms with Crippen LogP contribution >= 0.6 is 24.0 Å². The molecular formula is C24H33N5O4S2Si. The zero-order valence-corrected chi connectivity index (χ0v) is 24.0. The Hall–Kier alpha value is -2.25. The molecular weight excluding hydrogens is 515 g/mol. The first-order chi connectivity index (χ1) is 17.0. The first kappa shape index (κ1) is 26.8. The van der Waals surface area contributed by atoms with E-state index in [1.54, 1.807) is 18.1 Å². The Morgan fingerprint density at radius 1 is 1.19 bits per heavy atom. The average Bonchev–Trinajstić information content (AvgIpc) is 3.39. The van der Waals surface area contributed by atoms with Crippen LogP contribution in [-0.2, 0) is 13.9 Å². The van der Waals surface area contributed by atoms with E-state index >= 15 is 0 Å². The van der Waals surface area contributed by atoms with Crippen molar-refractivity contribution in [1.29, 1.82) is 0 Å². The lowest BCUT2D eigenvalue weighted by molar-refractivity contribution is -0.0399. The standard InChI is InChI=1S/C24H33N5O4S2Si/c1-24(2,3)36(5,6)30-12-16-18(33-23(34)31-15-10-8-7-9-11-15)19(35-4)22(32-16)29-14-28-17-20(25)26-13-27-21(17)29/h7-11,13-14,16,18-19,22H,12H2,1-6H3,(H2,25,26,27)/t16-,18-,19-,22-/m1/s1. The number of imidazole rings is 1. The molecule has 2 aromatic heterocycles. The fourth-order valence-electron chi connectivity index (χ4n) is 3.74. The second kappa shape index (κ2) is 10.6. The largest absolute Gasteiger partial charge is 0.449 e. The fraction of sp³-hybridized carbons (Fsp3) is 0.500. The van der Waals surface area contributed by atoms with Crippen molar-refractivity contribution in [1.82, 2.24) is 19.5 Å². The van der Waals surface area contributed by atoms with Crippen LogP contribution in [-0.4, -0.2) is 63.4 Å². The van der Waals surface area contributed by atoms with Gasteiger partial charge in [0.2, 0.25) is 0 Å². The number of thiocarbonyl (C=S) groups is 1. The van der Waals surface area contributed by atoms with Crippen LogP contribution in [0.1, 0.15) is 27.0 Å². The number of hydrogen-bond acceptors (Lipinski definition) is 10. The van der Waals surface area contributed by atoms with Crippen LogP contribution in [0.5, 0.6) is 5.75 Å². The van der Waals surface area contributed by atoms with Crippen LogP contribution in [0.3, 0.4) is 0 Å². The Balaban J connectivity index is 1.62. The highest BCUT2D eigenvalue weighted by Crippen LogP contribution is 2.42. The van der Waals surface area contributed by atoms with Crippen LogP contribution in [0.4, 0.5) is 5.82 Å². The maximum absolute atomic E-state index is 6.59. The summed E-state index contributed by atoms with van der Waals surface area (Å²) in [5.74, 6) is 0.931. The second-order valence-corrected chi connectivity index (χ2v) is 16.3. The first-order valence-corrected chi connectivity index (χ1v) is 16.3. The molecule has 12 heteroatoms. The molecule has 0 radical (unpaired) electrons. The van der Waals surface area contributed by atoms with Crippen LogP contribution in [0.25, 0.3) is 11.2 Å². The second-order valence-electron chi connectivity index (χ2n) is 10.2. The molecule has 1 aliphatic heterocycles. The van der Waals surface area contributed by atoms with Crippen molar-refractivity contribution in [2.24, 2.45) is 0 Å². The minimum absolute atomic E-state index is 0.0360. The van der Waals surface area contributed by atoms with E-state index in [0.717, 1.165) is 0 Å². The molecule has 36 heavy (non-hydrogen) atoms. The van der Waals surface area contributed by atoms with Gasteiger partial charge in [0.15, 0.2) is 26.0 Å². The number of aromatic nitrogens is 4. The molecule has 1 saturated heterocycles. The number of thioether (sulfide) groups is 1. The van der Waals surface area contributed by atoms with Gasteiger partial charge in [0.05, 0.1) is 18.2 Å². The predicted molar refractivity (Wildman–Crippen MR) is 149 cm³/mol. The summed E-state index contributed by atoms with van der Waals surface area (Å²) in [4.78, 5) is 12.9. The number of nitrogens with zero attached hydrogens (tertiary/aromatic N) is 4. The Morgan fingerprint density at radius 2 is 1.92 bits per heavy atom. The third-order valence-corrected chi connectivity index (χ3v) is 12.5. The normalized spacial score (nSPS) is 22.6. The Kier molecular flexibility index (Phi) is 7.91. The molecule has 3 heterocycles. The highest BCUT2D eigenvalue weighted by atomic mass is 32.2. The van der Waals surface area contributed by atoms with Gasteiger partial charge in [-0.25, -0.2) is 15.0 Å². The minimum atomic E-state index is -2.04. The molecule has 4 rings (SSSR count). The van der Waals surface area contributed by atoms with E-state index in [-0.39, 0.29) is 15.5 Å². The van der Waals surface area contributed by atoms with E-state index in [0.29, 0.717) is 29.3 Å². The fourth-order valence-corrected chi connectivity index (χ4v) is 5.89. The summed E-state index contributed by atoms with van der Waals surface area (Å²) in [7, 11) is -2.04. The van der Waals surface area contributed by atoms with Gasteiger partial charge in [-0.3, -0.25) is 4.57 Å². The lowest BCUT2D eigenvalue weighted by Gasteiger charge is -2.37. The van der Waals surface area contributed by atoms with Crippen LogP contribution in [0.15, 0.2) is 43.0 Å². The number of anilines is 1. The van der Waals surface area contributed by atoms with E-state index in [2.05, 4.69) is 48.8 Å². The maximum Gasteiger partial charge on any atom is 0.358 e. The molecule has 1 fully saturated rings. The van der Waals surface area contributed by atoms with Crippen molar-refractivity contribution < 1.29 is 18.6 Å². The van der Waals surface area contributed by atoms with Gasteiger partial charge in [-0.2, -0.15) is 11.8 Å². The smallest absolute Gasteiger partial charge is 0.358 e. The van der Waals surface area contributed by atoms with Crippen molar-refractivity contribution in [3.8, 4) is 5.75 Å². The summed E-state index contributed by atoms with van der Waals surface area (Å²) in [6.45, 7) is 11.4. The van der Waals surface area contributed by atoms with E-state index < -0.39 is 26.8 Å².